The molecule has 11 nitrogen and oxygen atoms in total. The first-order chi connectivity index (χ1) is 24.0. The summed E-state index contributed by atoms with van der Waals surface area (Å²) in [4.78, 5) is 47.0. The summed E-state index contributed by atoms with van der Waals surface area (Å²) in [6, 6.07) is 4.88. The number of hydrogen-bond acceptors (Lipinski definition) is 9. The van der Waals surface area contributed by atoms with Gasteiger partial charge in [0.1, 0.15) is 18.0 Å². The third-order valence-corrected chi connectivity index (χ3v) is 10.5. The largest absolute Gasteiger partial charge is 0.457 e. The number of carbonyl (C=O) groups excluding carboxylic acids is 3. The SMILES string of the molecule is C/C(=C\c1cc(F)cc(N2CCN(C(=O)C3CCOCC3)CC2)c1)[C@H]1OC(=O)C[C@H](O)CC[C@H](C)[C@H](OC(=O)N2CCN(C)CC2)/C=C/[C@@H]1C. The molecule has 1 aromatic carbocycles. The van der Waals surface area contributed by atoms with Crippen LogP contribution in [-0.4, -0.2) is 129 Å². The molecule has 12 heteroatoms. The third kappa shape index (κ3) is 10.3. The quantitative estimate of drug-likeness (QED) is 0.355. The van der Waals surface area contributed by atoms with Gasteiger partial charge in [0.15, 0.2) is 0 Å². The number of carbonyl (C=O) groups is 3. The summed E-state index contributed by atoms with van der Waals surface area (Å²) in [5.41, 5.74) is 2.07. The number of piperazine rings is 2. The fraction of sp³-hybridized carbons (Fsp3) is 0.658. The van der Waals surface area contributed by atoms with Gasteiger partial charge >= 0.3 is 12.1 Å². The number of halogens is 1. The molecule has 2 amide bonds. The van der Waals surface area contributed by atoms with Crippen LogP contribution in [0.15, 0.2) is 35.9 Å². The van der Waals surface area contributed by atoms with Crippen LogP contribution in [-0.2, 0) is 23.8 Å². The molecule has 4 aliphatic rings. The first-order valence-corrected chi connectivity index (χ1v) is 18.3. The third-order valence-electron chi connectivity index (χ3n) is 10.5. The topological polar surface area (TPSA) is 112 Å². The van der Waals surface area contributed by atoms with Gasteiger partial charge < -0.3 is 38.9 Å². The molecule has 5 atom stereocenters. The van der Waals surface area contributed by atoms with Gasteiger partial charge in [-0.25, -0.2) is 9.18 Å². The van der Waals surface area contributed by atoms with Gasteiger partial charge in [0.05, 0.1) is 12.5 Å². The Morgan fingerprint density at radius 3 is 2.30 bits per heavy atom. The van der Waals surface area contributed by atoms with Crippen molar-refractivity contribution >= 4 is 29.7 Å². The second-order valence-electron chi connectivity index (χ2n) is 14.5. The van der Waals surface area contributed by atoms with E-state index >= 15 is 4.39 Å². The van der Waals surface area contributed by atoms with Crippen LogP contribution in [0.1, 0.15) is 58.4 Å². The average Bonchev–Trinajstić information content (AvgIpc) is 3.10. The molecule has 1 aromatic rings. The molecule has 0 bridgehead atoms. The van der Waals surface area contributed by atoms with Crippen LogP contribution >= 0.6 is 0 Å². The van der Waals surface area contributed by atoms with E-state index in [4.69, 9.17) is 14.2 Å². The van der Waals surface area contributed by atoms with E-state index in [1.54, 1.807) is 4.90 Å². The molecule has 276 valence electrons. The number of aliphatic hydroxyl groups excluding tert-OH is 1. The normalized spacial score (nSPS) is 29.1. The highest BCUT2D eigenvalue weighted by atomic mass is 19.1. The smallest absolute Gasteiger partial charge is 0.410 e. The minimum absolute atomic E-state index is 0.0148. The van der Waals surface area contributed by atoms with Crippen LogP contribution < -0.4 is 4.90 Å². The van der Waals surface area contributed by atoms with Crippen LogP contribution in [0.25, 0.3) is 6.08 Å². The van der Waals surface area contributed by atoms with Crippen molar-refractivity contribution in [2.75, 3.05) is 77.5 Å². The molecule has 0 radical (unpaired) electrons. The molecule has 0 saturated carbocycles. The summed E-state index contributed by atoms with van der Waals surface area (Å²) in [6.07, 6.45) is 5.47. The fourth-order valence-corrected chi connectivity index (χ4v) is 7.22. The number of ether oxygens (including phenoxy) is 3. The zero-order chi connectivity index (χ0) is 35.8. The number of aliphatic hydroxyl groups is 1. The van der Waals surface area contributed by atoms with Gasteiger partial charge in [0.25, 0.3) is 0 Å². The van der Waals surface area contributed by atoms with E-state index in [1.165, 1.54) is 12.1 Å². The van der Waals surface area contributed by atoms with Crippen molar-refractivity contribution in [3.8, 4) is 0 Å². The zero-order valence-corrected chi connectivity index (χ0v) is 30.1. The van der Waals surface area contributed by atoms with E-state index in [0.29, 0.717) is 76.5 Å². The molecule has 4 aliphatic heterocycles. The summed E-state index contributed by atoms with van der Waals surface area (Å²) >= 11 is 0. The predicted octanol–water partition coefficient (Wildman–Crippen LogP) is 4.34. The molecule has 3 saturated heterocycles. The maximum absolute atomic E-state index is 15.0. The van der Waals surface area contributed by atoms with Gasteiger partial charge in [-0.15, -0.1) is 0 Å². The monoisotopic (exact) mass is 698 g/mol. The van der Waals surface area contributed by atoms with E-state index in [9.17, 15) is 19.5 Å². The van der Waals surface area contributed by atoms with E-state index < -0.39 is 24.3 Å². The lowest BCUT2D eigenvalue weighted by molar-refractivity contribution is -0.151. The lowest BCUT2D eigenvalue weighted by Crippen LogP contribution is -2.51. The van der Waals surface area contributed by atoms with Crippen molar-refractivity contribution < 1.29 is 38.1 Å². The summed E-state index contributed by atoms with van der Waals surface area (Å²) < 4.78 is 32.4. The number of cyclic esters (lactones) is 1. The number of nitrogens with zero attached hydrogens (tertiary/aromatic N) is 4. The molecule has 50 heavy (non-hydrogen) atoms. The summed E-state index contributed by atoms with van der Waals surface area (Å²) in [5.74, 6) is -1.08. The summed E-state index contributed by atoms with van der Waals surface area (Å²) in [6.45, 7) is 12.1. The lowest BCUT2D eigenvalue weighted by atomic mass is 9.91. The fourth-order valence-electron chi connectivity index (χ4n) is 7.22. The number of amides is 2. The molecule has 1 N–H and O–H groups in total. The van der Waals surface area contributed by atoms with Crippen LogP contribution in [0.4, 0.5) is 14.9 Å². The Morgan fingerprint density at radius 1 is 0.920 bits per heavy atom. The highest BCUT2D eigenvalue weighted by Crippen LogP contribution is 2.28. The Labute approximate surface area is 296 Å². The van der Waals surface area contributed by atoms with Crippen molar-refractivity contribution in [1.29, 1.82) is 0 Å². The number of benzene rings is 1. The van der Waals surface area contributed by atoms with Gasteiger partial charge in [-0.05, 0) is 81.0 Å². The average molecular weight is 699 g/mol. The molecule has 4 heterocycles. The van der Waals surface area contributed by atoms with E-state index in [0.717, 1.165) is 31.6 Å². The van der Waals surface area contributed by atoms with Gasteiger partial charge in [0.2, 0.25) is 5.91 Å². The molecular formula is C38H55FN4O7. The Morgan fingerprint density at radius 2 is 1.60 bits per heavy atom. The van der Waals surface area contributed by atoms with Gasteiger partial charge in [0, 0.05) is 83.1 Å². The predicted molar refractivity (Wildman–Crippen MR) is 189 cm³/mol. The van der Waals surface area contributed by atoms with E-state index in [1.807, 2.05) is 57.0 Å². The van der Waals surface area contributed by atoms with Crippen molar-refractivity contribution in [2.45, 2.75) is 71.2 Å². The Balaban J connectivity index is 1.30. The van der Waals surface area contributed by atoms with Crippen LogP contribution in [0.3, 0.4) is 0 Å². The molecular weight excluding hydrogens is 643 g/mol. The first-order valence-electron chi connectivity index (χ1n) is 18.3. The van der Waals surface area contributed by atoms with Gasteiger partial charge in [-0.1, -0.05) is 26.0 Å². The van der Waals surface area contributed by atoms with Crippen molar-refractivity contribution in [3.05, 3.63) is 47.3 Å². The van der Waals surface area contributed by atoms with Gasteiger partial charge in [-0.2, -0.15) is 0 Å². The summed E-state index contributed by atoms with van der Waals surface area (Å²) in [5, 5.41) is 10.7. The molecule has 5 rings (SSSR count). The highest BCUT2D eigenvalue weighted by Gasteiger charge is 2.31. The maximum Gasteiger partial charge on any atom is 0.410 e. The van der Waals surface area contributed by atoms with Crippen molar-refractivity contribution in [1.82, 2.24) is 14.7 Å². The van der Waals surface area contributed by atoms with Crippen LogP contribution in [0, 0.1) is 23.6 Å². The van der Waals surface area contributed by atoms with Crippen LogP contribution in [0.2, 0.25) is 0 Å². The minimum Gasteiger partial charge on any atom is -0.457 e. The zero-order valence-electron chi connectivity index (χ0n) is 30.1. The molecule has 0 aliphatic carbocycles. The number of esters is 1. The van der Waals surface area contributed by atoms with Gasteiger partial charge in [-0.3, -0.25) is 9.59 Å². The molecule has 0 unspecified atom stereocenters. The Bertz CT molecular complexity index is 1380. The second kappa shape index (κ2) is 17.6. The maximum atomic E-state index is 15.0. The van der Waals surface area contributed by atoms with Crippen molar-refractivity contribution in [3.63, 3.8) is 0 Å². The number of likely N-dealkylation sites (N-methyl/N-ethyl adjacent to an activating group) is 1. The molecule has 0 spiro atoms. The molecule has 3 fully saturated rings. The number of anilines is 1. The lowest BCUT2D eigenvalue weighted by Gasteiger charge is -2.38. The second-order valence-corrected chi connectivity index (χ2v) is 14.5. The first kappa shape index (κ1) is 37.8. The standard InChI is InChI=1S/C38H55FN4O7/c1-26-5-7-33(44)25-35(45)50-36(27(2)6-8-34(26)49-38(47)43-13-11-40(4)12-14-43)28(3)21-29-22-31(39)24-32(23-29)41-15-17-42(18-16-41)37(46)30-9-19-48-20-10-30/h6,8,21-24,26-27,30,33-34,36,44H,5,7,9-20,25H2,1-4H3/b8-6+,28-21+/t26-,27-,33+,34+,36-/m0/s1. The Kier molecular flexibility index (Phi) is 13.3. The van der Waals surface area contributed by atoms with E-state index in [-0.39, 0.29) is 42.0 Å². The van der Waals surface area contributed by atoms with Crippen molar-refractivity contribution in [2.24, 2.45) is 17.8 Å². The summed E-state index contributed by atoms with van der Waals surface area (Å²) in [7, 11) is 2.03. The van der Waals surface area contributed by atoms with E-state index in [2.05, 4.69) is 9.80 Å². The molecule has 0 aromatic heterocycles. The Hall–Kier alpha value is -3.48. The number of rotatable bonds is 5. The minimum atomic E-state index is -0.888. The highest BCUT2D eigenvalue weighted by molar-refractivity contribution is 5.79. The number of hydrogen-bond donors (Lipinski definition) is 1. The van der Waals surface area contributed by atoms with Crippen LogP contribution in [0.5, 0.6) is 0 Å².